The highest BCUT2D eigenvalue weighted by molar-refractivity contribution is 7.80. The normalized spacial score (nSPS) is 10.3. The SMILES string of the molecule is COc1cc(NC(=S)NC(=O)c2ccc(-c3ccccc3[N+](=O)[O-])o2)c(OC)cc1Cl. The molecule has 0 spiro atoms. The van der Waals surface area contributed by atoms with E-state index in [0.717, 1.165) is 0 Å². The molecule has 3 rings (SSSR count). The van der Waals surface area contributed by atoms with Crippen LogP contribution in [0.3, 0.4) is 0 Å². The highest BCUT2D eigenvalue weighted by Gasteiger charge is 2.20. The molecule has 1 heterocycles. The van der Waals surface area contributed by atoms with Gasteiger partial charge < -0.3 is 19.2 Å². The summed E-state index contributed by atoms with van der Waals surface area (Å²) in [6.07, 6.45) is 0. The molecule has 2 N–H and O–H groups in total. The van der Waals surface area contributed by atoms with Gasteiger partial charge in [-0.25, -0.2) is 0 Å². The minimum absolute atomic E-state index is 0.0312. The Hall–Kier alpha value is -3.63. The summed E-state index contributed by atoms with van der Waals surface area (Å²) in [6, 6.07) is 12.0. The van der Waals surface area contributed by atoms with Crippen molar-refractivity contribution in [3.8, 4) is 22.8 Å². The maximum atomic E-state index is 12.5. The van der Waals surface area contributed by atoms with Gasteiger partial charge >= 0.3 is 0 Å². The summed E-state index contributed by atoms with van der Waals surface area (Å²) in [5.41, 5.74) is 0.545. The van der Waals surface area contributed by atoms with Gasteiger partial charge in [-0.1, -0.05) is 23.7 Å². The summed E-state index contributed by atoms with van der Waals surface area (Å²) in [6.45, 7) is 0. The van der Waals surface area contributed by atoms with Crippen molar-refractivity contribution in [3.05, 3.63) is 69.4 Å². The second kappa shape index (κ2) is 9.45. The first-order valence-corrected chi connectivity index (χ1v) is 9.50. The molecule has 0 saturated carbocycles. The molecule has 160 valence electrons. The number of thiocarbonyl (C=S) groups is 1. The lowest BCUT2D eigenvalue weighted by atomic mass is 10.1. The number of nitro groups is 1. The summed E-state index contributed by atoms with van der Waals surface area (Å²) < 4.78 is 15.9. The van der Waals surface area contributed by atoms with Crippen LogP contribution in [0.2, 0.25) is 5.02 Å². The lowest BCUT2D eigenvalue weighted by Crippen LogP contribution is -2.34. The topological polar surface area (TPSA) is 116 Å². The van der Waals surface area contributed by atoms with Gasteiger partial charge in [0.25, 0.3) is 11.6 Å². The Balaban J connectivity index is 1.75. The van der Waals surface area contributed by atoms with Crippen molar-refractivity contribution in [1.82, 2.24) is 5.32 Å². The Bertz CT molecular complexity index is 1160. The van der Waals surface area contributed by atoms with Crippen LogP contribution in [0, 0.1) is 10.1 Å². The lowest BCUT2D eigenvalue weighted by Gasteiger charge is -2.14. The van der Waals surface area contributed by atoms with E-state index in [0.29, 0.717) is 22.2 Å². The van der Waals surface area contributed by atoms with Gasteiger partial charge in [0.1, 0.15) is 17.3 Å². The Kier molecular flexibility index (Phi) is 6.73. The number of hydrogen-bond donors (Lipinski definition) is 2. The van der Waals surface area contributed by atoms with E-state index in [1.165, 1.54) is 38.5 Å². The molecular weight excluding hydrogens is 446 g/mol. The fourth-order valence-corrected chi connectivity index (χ4v) is 3.16. The number of nitrogens with one attached hydrogen (secondary N) is 2. The fraction of sp³-hybridized carbons (Fsp3) is 0.100. The number of amides is 1. The van der Waals surface area contributed by atoms with E-state index in [1.54, 1.807) is 24.3 Å². The maximum Gasteiger partial charge on any atom is 0.293 e. The first-order valence-electron chi connectivity index (χ1n) is 8.71. The molecule has 0 bridgehead atoms. The molecule has 0 aliphatic rings. The molecule has 0 radical (unpaired) electrons. The number of carbonyl (C=O) groups is 1. The summed E-state index contributed by atoms with van der Waals surface area (Å²) in [5.74, 6) is 0.249. The molecule has 2 aromatic carbocycles. The molecule has 0 aliphatic carbocycles. The predicted octanol–water partition coefficient (Wildman–Crippen LogP) is 4.65. The zero-order valence-corrected chi connectivity index (χ0v) is 17.9. The highest BCUT2D eigenvalue weighted by Crippen LogP contribution is 2.36. The van der Waals surface area contributed by atoms with Crippen LogP contribution in [0.4, 0.5) is 11.4 Å². The molecule has 0 saturated heterocycles. The second-order valence-corrected chi connectivity index (χ2v) is 6.85. The minimum atomic E-state index is -0.637. The number of furan rings is 1. The van der Waals surface area contributed by atoms with Crippen LogP contribution in [0.1, 0.15) is 10.6 Å². The zero-order valence-electron chi connectivity index (χ0n) is 16.3. The average Bonchev–Trinajstić information content (AvgIpc) is 3.25. The van der Waals surface area contributed by atoms with Crippen LogP contribution in [-0.2, 0) is 0 Å². The van der Waals surface area contributed by atoms with Gasteiger partial charge in [-0.15, -0.1) is 0 Å². The molecule has 0 unspecified atom stereocenters. The molecule has 0 atom stereocenters. The van der Waals surface area contributed by atoms with Crippen LogP contribution in [0.5, 0.6) is 11.5 Å². The number of nitro benzene ring substituents is 1. The summed E-state index contributed by atoms with van der Waals surface area (Å²) in [4.78, 5) is 23.2. The van der Waals surface area contributed by atoms with Crippen molar-refractivity contribution in [2.75, 3.05) is 19.5 Å². The molecule has 0 fully saturated rings. The van der Waals surface area contributed by atoms with Gasteiger partial charge in [0.15, 0.2) is 10.9 Å². The van der Waals surface area contributed by atoms with Gasteiger partial charge in [-0.05, 0) is 30.4 Å². The number of hydrogen-bond acceptors (Lipinski definition) is 7. The number of carbonyl (C=O) groups excluding carboxylic acids is 1. The highest BCUT2D eigenvalue weighted by atomic mass is 35.5. The number of para-hydroxylation sites is 1. The molecule has 0 aliphatic heterocycles. The molecular formula is C20H16ClN3O6S. The van der Waals surface area contributed by atoms with Gasteiger partial charge in [0, 0.05) is 18.2 Å². The Labute approximate surface area is 187 Å². The number of rotatable bonds is 6. The monoisotopic (exact) mass is 461 g/mol. The van der Waals surface area contributed by atoms with Gasteiger partial charge in [-0.2, -0.15) is 0 Å². The van der Waals surface area contributed by atoms with E-state index >= 15 is 0 Å². The molecule has 1 aromatic heterocycles. The first kappa shape index (κ1) is 22.1. The van der Waals surface area contributed by atoms with Crippen LogP contribution in [-0.4, -0.2) is 30.2 Å². The van der Waals surface area contributed by atoms with Gasteiger partial charge in [0.2, 0.25) is 0 Å². The molecule has 11 heteroatoms. The average molecular weight is 462 g/mol. The summed E-state index contributed by atoms with van der Waals surface area (Å²) >= 11 is 11.3. The van der Waals surface area contributed by atoms with Crippen LogP contribution < -0.4 is 20.1 Å². The fourth-order valence-electron chi connectivity index (χ4n) is 2.72. The quantitative estimate of drug-likeness (QED) is 0.309. The zero-order chi connectivity index (χ0) is 22.5. The van der Waals surface area contributed by atoms with Gasteiger partial charge in [0.05, 0.1) is 35.4 Å². The number of halogens is 1. The van der Waals surface area contributed by atoms with E-state index in [4.69, 9.17) is 37.7 Å². The molecule has 31 heavy (non-hydrogen) atoms. The Morgan fingerprint density at radius 2 is 1.84 bits per heavy atom. The third kappa shape index (κ3) is 4.93. The van der Waals surface area contributed by atoms with Crippen molar-refractivity contribution < 1.29 is 23.6 Å². The summed E-state index contributed by atoms with van der Waals surface area (Å²) in [7, 11) is 2.92. The van der Waals surface area contributed by atoms with E-state index in [9.17, 15) is 14.9 Å². The largest absolute Gasteiger partial charge is 0.495 e. The van der Waals surface area contributed by atoms with Crippen molar-refractivity contribution in [2.45, 2.75) is 0 Å². The smallest absolute Gasteiger partial charge is 0.293 e. The van der Waals surface area contributed by atoms with Crippen LogP contribution in [0.15, 0.2) is 52.9 Å². The standard InChI is InChI=1S/C20H16ClN3O6S/c1-28-17-10-13(18(29-2)9-12(17)21)22-20(31)23-19(25)16-8-7-15(30-16)11-5-3-4-6-14(11)24(26)27/h3-10H,1-2H3,(H2,22,23,25,31). The number of anilines is 1. The number of ether oxygens (including phenoxy) is 2. The molecule has 3 aromatic rings. The minimum Gasteiger partial charge on any atom is -0.495 e. The maximum absolute atomic E-state index is 12.5. The van der Waals surface area contributed by atoms with E-state index < -0.39 is 10.8 Å². The third-order valence-electron chi connectivity index (χ3n) is 4.15. The summed E-state index contributed by atoms with van der Waals surface area (Å²) in [5, 5.41) is 16.8. The van der Waals surface area contributed by atoms with Crippen molar-refractivity contribution in [3.63, 3.8) is 0 Å². The Morgan fingerprint density at radius 1 is 1.13 bits per heavy atom. The predicted molar refractivity (Wildman–Crippen MR) is 119 cm³/mol. The van der Waals surface area contributed by atoms with E-state index in [1.807, 2.05) is 0 Å². The van der Waals surface area contributed by atoms with Crippen molar-refractivity contribution in [1.29, 1.82) is 0 Å². The number of methoxy groups -OCH3 is 2. The van der Waals surface area contributed by atoms with Gasteiger partial charge in [-0.3, -0.25) is 20.2 Å². The van der Waals surface area contributed by atoms with Crippen molar-refractivity contribution >= 4 is 46.2 Å². The van der Waals surface area contributed by atoms with E-state index in [-0.39, 0.29) is 27.9 Å². The van der Waals surface area contributed by atoms with Crippen molar-refractivity contribution in [2.24, 2.45) is 0 Å². The third-order valence-corrected chi connectivity index (χ3v) is 4.64. The van der Waals surface area contributed by atoms with Crippen LogP contribution >= 0.6 is 23.8 Å². The van der Waals surface area contributed by atoms with E-state index in [2.05, 4.69) is 10.6 Å². The first-order chi connectivity index (χ1) is 14.8. The molecule has 9 nitrogen and oxygen atoms in total. The number of benzene rings is 2. The molecule has 1 amide bonds. The number of nitrogens with zero attached hydrogens (tertiary/aromatic N) is 1. The Morgan fingerprint density at radius 3 is 2.52 bits per heavy atom. The lowest BCUT2D eigenvalue weighted by molar-refractivity contribution is -0.384. The van der Waals surface area contributed by atoms with Crippen LogP contribution in [0.25, 0.3) is 11.3 Å². The second-order valence-electron chi connectivity index (χ2n) is 6.03.